The summed E-state index contributed by atoms with van der Waals surface area (Å²) in [6.45, 7) is 1.01. The van der Waals surface area contributed by atoms with E-state index >= 15 is 0 Å². The van der Waals surface area contributed by atoms with Crippen LogP contribution < -0.4 is 5.32 Å². The Morgan fingerprint density at radius 2 is 1.84 bits per heavy atom. The van der Waals surface area contributed by atoms with Gasteiger partial charge in [-0.1, -0.05) is 18.2 Å². The van der Waals surface area contributed by atoms with Crippen LogP contribution in [0.1, 0.15) is 33.7 Å². The number of benzene rings is 1. The SMILES string of the molecule is O=C(O)c1cccc(NC2CCN(C(=O)c3ccccc3F)CC2)n1. The normalized spacial score (nSPS) is 15.0. The van der Waals surface area contributed by atoms with E-state index in [0.717, 1.165) is 0 Å². The van der Waals surface area contributed by atoms with E-state index < -0.39 is 11.8 Å². The third-order valence-corrected chi connectivity index (χ3v) is 4.21. The van der Waals surface area contributed by atoms with Crippen molar-refractivity contribution in [3.63, 3.8) is 0 Å². The molecule has 6 nitrogen and oxygen atoms in total. The van der Waals surface area contributed by atoms with Crippen LogP contribution in [0.15, 0.2) is 42.5 Å². The van der Waals surface area contributed by atoms with Crippen LogP contribution in [0.25, 0.3) is 0 Å². The fourth-order valence-corrected chi connectivity index (χ4v) is 2.88. The van der Waals surface area contributed by atoms with Gasteiger partial charge in [0.1, 0.15) is 11.6 Å². The van der Waals surface area contributed by atoms with E-state index in [1.165, 1.54) is 18.2 Å². The number of pyridine rings is 1. The summed E-state index contributed by atoms with van der Waals surface area (Å²) in [5.74, 6) is -1.39. The number of likely N-dealkylation sites (tertiary alicyclic amines) is 1. The molecule has 0 aliphatic carbocycles. The fraction of sp³-hybridized carbons (Fsp3) is 0.278. The van der Waals surface area contributed by atoms with Gasteiger partial charge in [-0.3, -0.25) is 4.79 Å². The number of halogens is 1. The summed E-state index contributed by atoms with van der Waals surface area (Å²) in [6, 6.07) is 10.8. The van der Waals surface area contributed by atoms with Gasteiger partial charge in [0, 0.05) is 19.1 Å². The predicted octanol–water partition coefficient (Wildman–Crippen LogP) is 2.64. The zero-order valence-electron chi connectivity index (χ0n) is 13.5. The number of carbonyl (C=O) groups is 2. The third-order valence-electron chi connectivity index (χ3n) is 4.21. The summed E-state index contributed by atoms with van der Waals surface area (Å²) < 4.78 is 13.7. The van der Waals surface area contributed by atoms with Crippen molar-refractivity contribution in [3.8, 4) is 0 Å². The number of nitrogens with zero attached hydrogens (tertiary/aromatic N) is 2. The van der Waals surface area contributed by atoms with Gasteiger partial charge in [-0.25, -0.2) is 14.2 Å². The van der Waals surface area contributed by atoms with Crippen molar-refractivity contribution in [1.29, 1.82) is 0 Å². The van der Waals surface area contributed by atoms with E-state index in [-0.39, 0.29) is 23.2 Å². The standard InChI is InChI=1S/C18H18FN3O3/c19-14-5-2-1-4-13(14)17(23)22-10-8-12(9-11-22)20-16-7-3-6-15(21-16)18(24)25/h1-7,12H,8-11H2,(H,20,21)(H,24,25). The zero-order chi connectivity index (χ0) is 17.8. The van der Waals surface area contributed by atoms with Crippen LogP contribution in [-0.2, 0) is 0 Å². The number of aromatic carboxylic acids is 1. The molecule has 2 aromatic rings. The first-order chi connectivity index (χ1) is 12.0. The van der Waals surface area contributed by atoms with Crippen molar-refractivity contribution in [1.82, 2.24) is 9.88 Å². The Hall–Kier alpha value is -2.96. The van der Waals surface area contributed by atoms with Crippen molar-refractivity contribution in [2.24, 2.45) is 0 Å². The maximum absolute atomic E-state index is 13.7. The second kappa shape index (κ2) is 7.29. The van der Waals surface area contributed by atoms with E-state index in [1.54, 1.807) is 29.2 Å². The molecule has 130 valence electrons. The highest BCUT2D eigenvalue weighted by atomic mass is 19.1. The largest absolute Gasteiger partial charge is 0.477 e. The van der Waals surface area contributed by atoms with Gasteiger partial charge in [0.25, 0.3) is 5.91 Å². The molecule has 0 spiro atoms. The third kappa shape index (κ3) is 3.93. The minimum atomic E-state index is -1.08. The summed E-state index contributed by atoms with van der Waals surface area (Å²) in [7, 11) is 0. The number of carboxylic acid groups (broad SMARTS) is 1. The first kappa shape index (κ1) is 16.9. The van der Waals surface area contributed by atoms with Gasteiger partial charge in [0.05, 0.1) is 5.56 Å². The smallest absolute Gasteiger partial charge is 0.354 e. The number of rotatable bonds is 4. The molecule has 2 heterocycles. The number of hydrogen-bond acceptors (Lipinski definition) is 4. The van der Waals surface area contributed by atoms with Crippen molar-refractivity contribution in [2.75, 3.05) is 18.4 Å². The van der Waals surface area contributed by atoms with Crippen LogP contribution in [0.2, 0.25) is 0 Å². The summed E-state index contributed by atoms with van der Waals surface area (Å²) >= 11 is 0. The minimum absolute atomic E-state index is 0.0165. The van der Waals surface area contributed by atoms with Crippen molar-refractivity contribution in [2.45, 2.75) is 18.9 Å². The van der Waals surface area contributed by atoms with Gasteiger partial charge < -0.3 is 15.3 Å². The Kier molecular flexibility index (Phi) is 4.92. The maximum Gasteiger partial charge on any atom is 0.354 e. The highest BCUT2D eigenvalue weighted by Gasteiger charge is 2.25. The monoisotopic (exact) mass is 343 g/mol. The lowest BCUT2D eigenvalue weighted by Gasteiger charge is -2.32. The molecular weight excluding hydrogens is 325 g/mol. The number of nitrogens with one attached hydrogen (secondary N) is 1. The molecule has 1 aliphatic rings. The molecule has 0 saturated carbocycles. The molecule has 1 aromatic carbocycles. The second-order valence-corrected chi connectivity index (χ2v) is 5.90. The molecule has 1 saturated heterocycles. The van der Waals surface area contributed by atoms with E-state index in [2.05, 4.69) is 10.3 Å². The van der Waals surface area contributed by atoms with Gasteiger partial charge >= 0.3 is 5.97 Å². The molecule has 0 atom stereocenters. The van der Waals surface area contributed by atoms with Gasteiger partial charge in [0.2, 0.25) is 0 Å². The van der Waals surface area contributed by atoms with Crippen LogP contribution in [0.3, 0.4) is 0 Å². The van der Waals surface area contributed by atoms with E-state index in [0.29, 0.717) is 31.7 Å². The van der Waals surface area contributed by atoms with Crippen molar-refractivity contribution >= 4 is 17.7 Å². The minimum Gasteiger partial charge on any atom is -0.477 e. The first-order valence-corrected chi connectivity index (χ1v) is 8.05. The van der Waals surface area contributed by atoms with Crippen LogP contribution in [-0.4, -0.2) is 46.0 Å². The first-order valence-electron chi connectivity index (χ1n) is 8.05. The number of amides is 1. The molecule has 1 amide bonds. The van der Waals surface area contributed by atoms with E-state index in [1.807, 2.05) is 0 Å². The molecule has 25 heavy (non-hydrogen) atoms. The van der Waals surface area contributed by atoms with Crippen LogP contribution in [0.4, 0.5) is 10.2 Å². The lowest BCUT2D eigenvalue weighted by atomic mass is 10.0. The number of hydrogen-bond donors (Lipinski definition) is 2. The summed E-state index contributed by atoms with van der Waals surface area (Å²) in [5.41, 5.74) is 0.0712. The highest BCUT2D eigenvalue weighted by molar-refractivity contribution is 5.94. The molecule has 1 fully saturated rings. The Labute approximate surface area is 144 Å². The molecule has 1 aromatic heterocycles. The number of carboxylic acids is 1. The van der Waals surface area contributed by atoms with E-state index in [4.69, 9.17) is 5.11 Å². The highest BCUT2D eigenvalue weighted by Crippen LogP contribution is 2.18. The van der Waals surface area contributed by atoms with Gasteiger partial charge in [0.15, 0.2) is 5.69 Å². The number of anilines is 1. The van der Waals surface area contributed by atoms with Crippen molar-refractivity contribution in [3.05, 3.63) is 59.5 Å². The Morgan fingerprint density at radius 3 is 2.52 bits per heavy atom. The summed E-state index contributed by atoms with van der Waals surface area (Å²) in [4.78, 5) is 29.0. The molecular formula is C18H18FN3O3. The molecule has 0 radical (unpaired) electrons. The molecule has 1 aliphatic heterocycles. The van der Waals surface area contributed by atoms with Crippen LogP contribution >= 0.6 is 0 Å². The average molecular weight is 343 g/mol. The van der Waals surface area contributed by atoms with Crippen LogP contribution in [0, 0.1) is 5.82 Å². The molecule has 0 bridgehead atoms. The van der Waals surface area contributed by atoms with Crippen molar-refractivity contribution < 1.29 is 19.1 Å². The Balaban J connectivity index is 1.59. The fourth-order valence-electron chi connectivity index (χ4n) is 2.88. The number of piperidine rings is 1. The second-order valence-electron chi connectivity index (χ2n) is 5.90. The topological polar surface area (TPSA) is 82.5 Å². The molecule has 2 N–H and O–H groups in total. The quantitative estimate of drug-likeness (QED) is 0.892. The van der Waals surface area contributed by atoms with Crippen LogP contribution in [0.5, 0.6) is 0 Å². The molecule has 3 rings (SSSR count). The van der Waals surface area contributed by atoms with E-state index in [9.17, 15) is 14.0 Å². The number of aromatic nitrogens is 1. The van der Waals surface area contributed by atoms with Gasteiger partial charge in [-0.2, -0.15) is 0 Å². The zero-order valence-corrected chi connectivity index (χ0v) is 13.5. The lowest BCUT2D eigenvalue weighted by molar-refractivity contribution is 0.0686. The Morgan fingerprint density at radius 1 is 1.12 bits per heavy atom. The molecule has 0 unspecified atom stereocenters. The summed E-state index contributed by atoms with van der Waals surface area (Å²) in [5, 5.41) is 12.2. The predicted molar refractivity (Wildman–Crippen MR) is 90.1 cm³/mol. The summed E-state index contributed by atoms with van der Waals surface area (Å²) in [6.07, 6.45) is 1.36. The van der Waals surface area contributed by atoms with Gasteiger partial charge in [-0.05, 0) is 37.1 Å². The number of carbonyl (C=O) groups excluding carboxylic acids is 1. The van der Waals surface area contributed by atoms with Gasteiger partial charge in [-0.15, -0.1) is 0 Å². The average Bonchev–Trinajstić information content (AvgIpc) is 2.62. The molecule has 7 heteroatoms. The maximum atomic E-state index is 13.7. The Bertz CT molecular complexity index is 789. The lowest BCUT2D eigenvalue weighted by Crippen LogP contribution is -2.42.